The predicted octanol–water partition coefficient (Wildman–Crippen LogP) is 1.73. The molecule has 0 aromatic heterocycles. The molecule has 0 saturated heterocycles. The van der Waals surface area contributed by atoms with Crippen LogP contribution in [0.15, 0.2) is 18.2 Å². The Bertz CT molecular complexity index is 429. The van der Waals surface area contributed by atoms with Crippen LogP contribution in [0.25, 0.3) is 0 Å². The topological polar surface area (TPSA) is 40.5 Å². The van der Waals surface area contributed by atoms with Crippen LogP contribution < -0.4 is 0 Å². The van der Waals surface area contributed by atoms with Crippen LogP contribution >= 0.6 is 0 Å². The molecular weight excluding hydrogens is 221 g/mol. The molecule has 0 radical (unpaired) electrons. The molecule has 0 atom stereocenters. The van der Waals surface area contributed by atoms with E-state index >= 15 is 0 Å². The Balaban J connectivity index is 2.22. The van der Waals surface area contributed by atoms with Gasteiger partial charge in [-0.15, -0.1) is 0 Å². The first kappa shape index (κ1) is 12.0. The molecule has 0 aliphatic heterocycles. The van der Waals surface area contributed by atoms with Crippen LogP contribution in [-0.2, 0) is 0 Å². The molecule has 1 aliphatic rings. The zero-order valence-corrected chi connectivity index (χ0v) is 9.82. The number of hydrogen-bond acceptors (Lipinski definition) is 2. The fourth-order valence-electron chi connectivity index (χ4n) is 1.97. The summed E-state index contributed by atoms with van der Waals surface area (Å²) < 4.78 is 13.0. The molecule has 4 heteroatoms. The number of aryl methyl sites for hydroxylation is 1. The van der Waals surface area contributed by atoms with Gasteiger partial charge < -0.3 is 10.0 Å². The average molecular weight is 237 g/mol. The number of halogens is 1. The van der Waals surface area contributed by atoms with Crippen molar-refractivity contribution in [1.82, 2.24) is 4.90 Å². The minimum Gasteiger partial charge on any atom is -0.395 e. The van der Waals surface area contributed by atoms with E-state index in [9.17, 15) is 9.18 Å². The lowest BCUT2D eigenvalue weighted by molar-refractivity contribution is 0.0707. The molecule has 1 amide bonds. The Labute approximate surface area is 99.9 Å². The van der Waals surface area contributed by atoms with Crippen LogP contribution in [0.4, 0.5) is 4.39 Å². The van der Waals surface area contributed by atoms with Crippen LogP contribution in [0.1, 0.15) is 28.8 Å². The smallest absolute Gasteiger partial charge is 0.254 e. The van der Waals surface area contributed by atoms with Gasteiger partial charge in [-0.25, -0.2) is 4.39 Å². The standard InChI is InChI=1S/C13H16FNO2/c1-9-8-10(14)2-5-12(9)13(17)15(6-7-16)11-3-4-11/h2,5,8,11,16H,3-4,6-7H2,1H3. The second-order valence-corrected chi connectivity index (χ2v) is 4.41. The van der Waals surface area contributed by atoms with Crippen molar-refractivity contribution >= 4 is 5.91 Å². The van der Waals surface area contributed by atoms with E-state index in [-0.39, 0.29) is 24.4 Å². The fourth-order valence-corrected chi connectivity index (χ4v) is 1.97. The van der Waals surface area contributed by atoms with Gasteiger partial charge in [0.25, 0.3) is 5.91 Å². The van der Waals surface area contributed by atoms with E-state index in [4.69, 9.17) is 5.11 Å². The molecule has 3 nitrogen and oxygen atoms in total. The number of aliphatic hydroxyl groups is 1. The molecule has 0 spiro atoms. The molecule has 0 unspecified atom stereocenters. The molecule has 1 aliphatic carbocycles. The van der Waals surface area contributed by atoms with Gasteiger partial charge in [0.2, 0.25) is 0 Å². The van der Waals surface area contributed by atoms with Crippen molar-refractivity contribution in [2.75, 3.05) is 13.2 Å². The monoisotopic (exact) mass is 237 g/mol. The van der Waals surface area contributed by atoms with E-state index in [1.54, 1.807) is 11.8 Å². The number of hydrogen-bond donors (Lipinski definition) is 1. The van der Waals surface area contributed by atoms with E-state index < -0.39 is 0 Å². The number of carbonyl (C=O) groups excluding carboxylic acids is 1. The summed E-state index contributed by atoms with van der Waals surface area (Å²) in [6.07, 6.45) is 1.98. The normalized spacial score (nSPS) is 14.8. The van der Waals surface area contributed by atoms with E-state index in [0.717, 1.165) is 12.8 Å². The molecule has 0 heterocycles. The van der Waals surface area contributed by atoms with Gasteiger partial charge in [0.05, 0.1) is 6.61 Å². The summed E-state index contributed by atoms with van der Waals surface area (Å²) in [6, 6.07) is 4.42. The Morgan fingerprint density at radius 3 is 2.76 bits per heavy atom. The van der Waals surface area contributed by atoms with Gasteiger partial charge >= 0.3 is 0 Å². The highest BCUT2D eigenvalue weighted by Crippen LogP contribution is 2.28. The summed E-state index contributed by atoms with van der Waals surface area (Å²) in [5.41, 5.74) is 1.16. The fraction of sp³-hybridized carbons (Fsp3) is 0.462. The molecule has 2 rings (SSSR count). The lowest BCUT2D eigenvalue weighted by atomic mass is 10.1. The van der Waals surface area contributed by atoms with Crippen molar-refractivity contribution in [2.24, 2.45) is 0 Å². The summed E-state index contributed by atoms with van der Waals surface area (Å²) in [4.78, 5) is 13.9. The minimum absolute atomic E-state index is 0.0392. The third-order valence-corrected chi connectivity index (χ3v) is 3.01. The Kier molecular flexibility index (Phi) is 3.43. The van der Waals surface area contributed by atoms with E-state index in [0.29, 0.717) is 17.7 Å². The van der Waals surface area contributed by atoms with Crippen LogP contribution in [0.2, 0.25) is 0 Å². The van der Waals surface area contributed by atoms with Crippen molar-refractivity contribution < 1.29 is 14.3 Å². The molecule has 92 valence electrons. The Morgan fingerprint density at radius 2 is 2.24 bits per heavy atom. The van der Waals surface area contributed by atoms with Gasteiger partial charge in [-0.3, -0.25) is 4.79 Å². The van der Waals surface area contributed by atoms with Gasteiger partial charge in [0.1, 0.15) is 5.82 Å². The lowest BCUT2D eigenvalue weighted by Crippen LogP contribution is -2.35. The van der Waals surface area contributed by atoms with Gasteiger partial charge in [-0.05, 0) is 43.5 Å². The summed E-state index contributed by atoms with van der Waals surface area (Å²) >= 11 is 0. The maximum atomic E-state index is 13.0. The zero-order valence-electron chi connectivity index (χ0n) is 9.82. The third kappa shape index (κ3) is 2.64. The largest absolute Gasteiger partial charge is 0.395 e. The first-order valence-corrected chi connectivity index (χ1v) is 5.81. The molecule has 0 bridgehead atoms. The highest BCUT2D eigenvalue weighted by Gasteiger charge is 2.32. The lowest BCUT2D eigenvalue weighted by Gasteiger charge is -2.22. The first-order chi connectivity index (χ1) is 8.13. The van der Waals surface area contributed by atoms with E-state index in [1.165, 1.54) is 18.2 Å². The highest BCUT2D eigenvalue weighted by molar-refractivity contribution is 5.96. The molecule has 1 fully saturated rings. The van der Waals surface area contributed by atoms with Crippen molar-refractivity contribution in [2.45, 2.75) is 25.8 Å². The number of aliphatic hydroxyl groups excluding tert-OH is 1. The van der Waals surface area contributed by atoms with Gasteiger partial charge in [0, 0.05) is 18.2 Å². The quantitative estimate of drug-likeness (QED) is 0.866. The summed E-state index contributed by atoms with van der Waals surface area (Å²) in [6.45, 7) is 2.03. The van der Waals surface area contributed by atoms with Crippen LogP contribution in [0.3, 0.4) is 0 Å². The third-order valence-electron chi connectivity index (χ3n) is 3.01. The molecule has 1 aromatic carbocycles. The van der Waals surface area contributed by atoms with E-state index in [1.807, 2.05) is 0 Å². The first-order valence-electron chi connectivity index (χ1n) is 5.81. The number of rotatable bonds is 4. The number of amides is 1. The second-order valence-electron chi connectivity index (χ2n) is 4.41. The number of benzene rings is 1. The molecular formula is C13H16FNO2. The van der Waals surface area contributed by atoms with Gasteiger partial charge in [-0.2, -0.15) is 0 Å². The van der Waals surface area contributed by atoms with Crippen molar-refractivity contribution in [1.29, 1.82) is 0 Å². The Hall–Kier alpha value is -1.42. The van der Waals surface area contributed by atoms with Gasteiger partial charge in [-0.1, -0.05) is 0 Å². The maximum Gasteiger partial charge on any atom is 0.254 e. The van der Waals surface area contributed by atoms with Crippen molar-refractivity contribution in [3.63, 3.8) is 0 Å². The summed E-state index contributed by atoms with van der Waals surface area (Å²) in [5, 5.41) is 8.97. The average Bonchev–Trinajstić information content (AvgIpc) is 3.09. The second kappa shape index (κ2) is 4.84. The van der Waals surface area contributed by atoms with E-state index in [2.05, 4.69) is 0 Å². The summed E-state index contributed by atoms with van der Waals surface area (Å²) in [7, 11) is 0. The van der Waals surface area contributed by atoms with Crippen molar-refractivity contribution in [3.8, 4) is 0 Å². The van der Waals surface area contributed by atoms with Crippen molar-refractivity contribution in [3.05, 3.63) is 35.1 Å². The van der Waals surface area contributed by atoms with Crippen LogP contribution in [0, 0.1) is 12.7 Å². The SMILES string of the molecule is Cc1cc(F)ccc1C(=O)N(CCO)C1CC1. The molecule has 1 N–H and O–H groups in total. The zero-order chi connectivity index (χ0) is 12.4. The number of nitrogens with zero attached hydrogens (tertiary/aromatic N) is 1. The van der Waals surface area contributed by atoms with Crippen LogP contribution in [-0.4, -0.2) is 35.1 Å². The number of carbonyl (C=O) groups is 1. The van der Waals surface area contributed by atoms with Gasteiger partial charge in [0.15, 0.2) is 0 Å². The molecule has 1 aromatic rings. The maximum absolute atomic E-state index is 13.0. The van der Waals surface area contributed by atoms with Crippen LogP contribution in [0.5, 0.6) is 0 Å². The molecule has 1 saturated carbocycles. The highest BCUT2D eigenvalue weighted by atomic mass is 19.1. The Morgan fingerprint density at radius 1 is 1.53 bits per heavy atom. The minimum atomic E-state index is -0.334. The summed E-state index contributed by atoms with van der Waals surface area (Å²) in [5.74, 6) is -0.446. The predicted molar refractivity (Wildman–Crippen MR) is 62.3 cm³/mol. The molecule has 17 heavy (non-hydrogen) atoms.